The van der Waals surface area contributed by atoms with Crippen molar-refractivity contribution in [1.82, 2.24) is 20.3 Å². The van der Waals surface area contributed by atoms with Crippen LogP contribution in [-0.2, 0) is 6.54 Å². The molecule has 0 unspecified atom stereocenters. The first-order valence-corrected chi connectivity index (χ1v) is 9.91. The van der Waals surface area contributed by atoms with Gasteiger partial charge in [-0.25, -0.2) is 0 Å². The van der Waals surface area contributed by atoms with Crippen LogP contribution >= 0.6 is 34.5 Å². The Kier molecular flexibility index (Phi) is 6.16. The first-order valence-electron chi connectivity index (χ1n) is 8.34. The van der Waals surface area contributed by atoms with Gasteiger partial charge in [0.2, 0.25) is 11.9 Å². The lowest BCUT2D eigenvalue weighted by Gasteiger charge is -2.27. The van der Waals surface area contributed by atoms with Gasteiger partial charge in [-0.05, 0) is 25.3 Å². The van der Waals surface area contributed by atoms with Crippen LogP contribution in [0.2, 0.25) is 8.67 Å². The monoisotopic (exact) mass is 414 g/mol. The lowest BCUT2D eigenvalue weighted by molar-refractivity contribution is 0.0950. The summed E-state index contributed by atoms with van der Waals surface area (Å²) in [7, 11) is 3.76. The molecule has 0 aromatic carbocycles. The van der Waals surface area contributed by atoms with Gasteiger partial charge >= 0.3 is 0 Å². The minimum absolute atomic E-state index is 0.187. The molecule has 1 fully saturated rings. The Morgan fingerprint density at radius 2 is 1.96 bits per heavy atom. The van der Waals surface area contributed by atoms with Gasteiger partial charge in [0.05, 0.1) is 16.4 Å². The van der Waals surface area contributed by atoms with Gasteiger partial charge < -0.3 is 15.1 Å². The summed E-state index contributed by atoms with van der Waals surface area (Å²) >= 11 is 13.1. The molecule has 1 aliphatic heterocycles. The number of carbonyl (C=O) groups is 1. The van der Waals surface area contributed by atoms with E-state index in [1.54, 1.807) is 6.07 Å². The van der Waals surface area contributed by atoms with Gasteiger partial charge in [0.1, 0.15) is 4.34 Å². The molecule has 0 bridgehead atoms. The molecular formula is C16H20Cl2N6OS. The van der Waals surface area contributed by atoms with Gasteiger partial charge in [0, 0.05) is 27.2 Å². The second-order valence-corrected chi connectivity index (χ2v) is 8.50. The summed E-state index contributed by atoms with van der Waals surface area (Å²) in [5, 5.41) is 2.80. The van der Waals surface area contributed by atoms with Crippen LogP contribution in [-0.4, -0.2) is 48.0 Å². The third-order valence-corrected chi connectivity index (χ3v) is 5.49. The Morgan fingerprint density at radius 3 is 2.58 bits per heavy atom. The minimum atomic E-state index is -0.301. The topological polar surface area (TPSA) is 74.2 Å². The zero-order valence-corrected chi connectivity index (χ0v) is 17.0. The maximum Gasteiger partial charge on any atom is 0.254 e. The molecule has 1 N–H and O–H groups in total. The zero-order chi connectivity index (χ0) is 18.7. The molecule has 0 aliphatic carbocycles. The number of nitrogens with zero attached hydrogens (tertiary/aromatic N) is 5. The van der Waals surface area contributed by atoms with Crippen molar-refractivity contribution in [1.29, 1.82) is 0 Å². The molecule has 1 saturated heterocycles. The minimum Gasteiger partial charge on any atom is -0.347 e. The number of anilines is 2. The molecule has 140 valence electrons. The fourth-order valence-electron chi connectivity index (χ4n) is 2.66. The lowest BCUT2D eigenvalue weighted by Crippen LogP contribution is -2.32. The molecule has 1 amide bonds. The molecule has 1 aliphatic rings. The highest BCUT2D eigenvalue weighted by molar-refractivity contribution is 7.20. The molecule has 0 radical (unpaired) electrons. The van der Waals surface area contributed by atoms with E-state index in [1.807, 2.05) is 19.0 Å². The van der Waals surface area contributed by atoms with E-state index in [4.69, 9.17) is 23.2 Å². The first kappa shape index (κ1) is 19.1. The van der Waals surface area contributed by atoms with E-state index in [2.05, 4.69) is 25.2 Å². The van der Waals surface area contributed by atoms with Crippen molar-refractivity contribution in [3.63, 3.8) is 0 Å². The maximum absolute atomic E-state index is 12.3. The summed E-state index contributed by atoms with van der Waals surface area (Å²) in [5.74, 6) is 1.44. The number of hydrogen-bond donors (Lipinski definition) is 1. The van der Waals surface area contributed by atoms with Crippen molar-refractivity contribution in [2.75, 3.05) is 37.0 Å². The van der Waals surface area contributed by atoms with Crippen molar-refractivity contribution in [2.45, 2.75) is 25.8 Å². The van der Waals surface area contributed by atoms with Crippen LogP contribution in [0.3, 0.4) is 0 Å². The van der Waals surface area contributed by atoms with Gasteiger partial charge in [-0.2, -0.15) is 15.0 Å². The van der Waals surface area contributed by atoms with Crippen molar-refractivity contribution >= 4 is 52.3 Å². The van der Waals surface area contributed by atoms with Gasteiger partial charge in [-0.15, -0.1) is 11.3 Å². The molecular weight excluding hydrogens is 395 g/mol. The molecule has 7 nitrogen and oxygen atoms in total. The first-order chi connectivity index (χ1) is 12.4. The van der Waals surface area contributed by atoms with Crippen LogP contribution in [0.15, 0.2) is 6.07 Å². The molecule has 2 aromatic rings. The third-order valence-electron chi connectivity index (χ3n) is 4.01. The Hall–Kier alpha value is -1.64. The number of hydrogen-bond acceptors (Lipinski definition) is 7. The maximum atomic E-state index is 12.3. The molecule has 0 saturated carbocycles. The summed E-state index contributed by atoms with van der Waals surface area (Å²) in [6, 6.07) is 1.56. The van der Waals surface area contributed by atoms with Crippen molar-refractivity contribution in [3.8, 4) is 0 Å². The number of aromatic nitrogens is 3. The number of halogens is 2. The largest absolute Gasteiger partial charge is 0.347 e. The van der Waals surface area contributed by atoms with E-state index in [0.29, 0.717) is 32.0 Å². The van der Waals surface area contributed by atoms with E-state index >= 15 is 0 Å². The van der Waals surface area contributed by atoms with Crippen LogP contribution < -0.4 is 15.1 Å². The molecule has 0 spiro atoms. The van der Waals surface area contributed by atoms with E-state index in [0.717, 1.165) is 37.3 Å². The standard InChI is InChI=1S/C16H20Cl2N6OS/c1-23(2)15-20-12(21-16(22-15)24-6-4-3-5-7-24)9-19-14(25)10-8-11(17)26-13(10)18/h8H,3-7,9H2,1-2H3,(H,19,25). The number of rotatable bonds is 5. The fourth-order valence-corrected chi connectivity index (χ4v) is 4.12. The van der Waals surface area contributed by atoms with Crippen molar-refractivity contribution in [3.05, 3.63) is 26.1 Å². The second-order valence-electron chi connectivity index (χ2n) is 6.21. The van der Waals surface area contributed by atoms with Gasteiger partial charge in [-0.1, -0.05) is 23.2 Å². The number of thiophene rings is 1. The highest BCUT2D eigenvalue weighted by atomic mass is 35.5. The molecule has 2 aromatic heterocycles. The fraction of sp³-hybridized carbons (Fsp3) is 0.500. The molecule has 26 heavy (non-hydrogen) atoms. The number of amides is 1. The summed E-state index contributed by atoms with van der Waals surface area (Å²) in [5.41, 5.74) is 0.361. The average molecular weight is 415 g/mol. The van der Waals surface area contributed by atoms with Crippen LogP contribution in [0, 0.1) is 0 Å². The molecule has 3 rings (SSSR count). The smallest absolute Gasteiger partial charge is 0.254 e. The highest BCUT2D eigenvalue weighted by Crippen LogP contribution is 2.31. The van der Waals surface area contributed by atoms with E-state index < -0.39 is 0 Å². The predicted molar refractivity (Wildman–Crippen MR) is 106 cm³/mol. The summed E-state index contributed by atoms with van der Waals surface area (Å²) in [6.45, 7) is 2.06. The van der Waals surface area contributed by atoms with Crippen LogP contribution in [0.5, 0.6) is 0 Å². The van der Waals surface area contributed by atoms with E-state index in [9.17, 15) is 4.79 Å². The quantitative estimate of drug-likeness (QED) is 0.809. The van der Waals surface area contributed by atoms with Crippen LogP contribution in [0.1, 0.15) is 35.4 Å². The zero-order valence-electron chi connectivity index (χ0n) is 14.6. The Morgan fingerprint density at radius 1 is 1.23 bits per heavy atom. The summed E-state index contributed by atoms with van der Waals surface area (Å²) < 4.78 is 0.841. The lowest BCUT2D eigenvalue weighted by atomic mass is 10.1. The number of carbonyl (C=O) groups excluding carboxylic acids is 1. The SMILES string of the molecule is CN(C)c1nc(CNC(=O)c2cc(Cl)sc2Cl)nc(N2CCCCC2)n1. The van der Waals surface area contributed by atoms with Crippen LogP contribution in [0.25, 0.3) is 0 Å². The number of piperidine rings is 1. The molecule has 3 heterocycles. The number of nitrogens with one attached hydrogen (secondary N) is 1. The third kappa shape index (κ3) is 4.55. The predicted octanol–water partition coefficient (Wildman–Crippen LogP) is 3.23. The van der Waals surface area contributed by atoms with Crippen molar-refractivity contribution in [2.24, 2.45) is 0 Å². The summed E-state index contributed by atoms with van der Waals surface area (Å²) in [4.78, 5) is 29.8. The van der Waals surface area contributed by atoms with Gasteiger partial charge in [0.15, 0.2) is 5.82 Å². The van der Waals surface area contributed by atoms with Crippen molar-refractivity contribution < 1.29 is 4.79 Å². The second kappa shape index (κ2) is 8.37. The summed E-state index contributed by atoms with van der Waals surface area (Å²) in [6.07, 6.45) is 3.49. The average Bonchev–Trinajstić information content (AvgIpc) is 2.98. The van der Waals surface area contributed by atoms with E-state index in [1.165, 1.54) is 6.42 Å². The Bertz CT molecular complexity index is 791. The Labute approximate surface area is 166 Å². The van der Waals surface area contributed by atoms with Gasteiger partial charge in [0.25, 0.3) is 5.91 Å². The molecule has 0 atom stereocenters. The Balaban J connectivity index is 1.76. The van der Waals surface area contributed by atoms with Crippen LogP contribution in [0.4, 0.5) is 11.9 Å². The van der Waals surface area contributed by atoms with Gasteiger partial charge in [-0.3, -0.25) is 4.79 Å². The van der Waals surface area contributed by atoms with E-state index in [-0.39, 0.29) is 12.5 Å². The normalized spacial score (nSPS) is 14.4. The highest BCUT2D eigenvalue weighted by Gasteiger charge is 2.18. The molecule has 10 heteroatoms.